The van der Waals surface area contributed by atoms with Gasteiger partial charge in [0.05, 0.1) is 0 Å². The van der Waals surface area contributed by atoms with E-state index in [1.165, 1.54) is 0 Å². The van der Waals surface area contributed by atoms with Crippen LogP contribution in [0.2, 0.25) is 0 Å². The number of hydrogen-bond acceptors (Lipinski definition) is 2. The molecule has 0 aliphatic rings. The third-order valence-electron chi connectivity index (χ3n) is 1.40. The molecule has 0 aromatic rings. The summed E-state index contributed by atoms with van der Waals surface area (Å²) in [7, 11) is 7.63. The van der Waals surface area contributed by atoms with Crippen LogP contribution in [0.15, 0.2) is 29.5 Å². The molecular weight excluding hydrogens is 159 g/mol. The summed E-state index contributed by atoms with van der Waals surface area (Å²) in [6, 6.07) is 0. The van der Waals surface area contributed by atoms with Crippen LogP contribution in [-0.2, 0) is 0 Å². The van der Waals surface area contributed by atoms with E-state index < -0.39 is 0 Å². The molecule has 3 heteroatoms. The molecule has 0 aromatic carbocycles. The normalized spacial score (nSPS) is 12.6. The number of nitrogens with zero attached hydrogens (tertiary/aromatic N) is 2. The Morgan fingerprint density at radius 1 is 1.46 bits per heavy atom. The van der Waals surface area contributed by atoms with Crippen molar-refractivity contribution >= 4 is 19.2 Å². The molecule has 0 aliphatic heterocycles. The van der Waals surface area contributed by atoms with Gasteiger partial charge in [0, 0.05) is 0 Å². The minimum absolute atomic E-state index is 0.845. The summed E-state index contributed by atoms with van der Waals surface area (Å²) in [4.78, 5) is 6.19. The van der Waals surface area contributed by atoms with Gasteiger partial charge in [-0.2, -0.15) is 0 Å². The first kappa shape index (κ1) is 11.9. The van der Waals surface area contributed by atoms with Crippen LogP contribution >= 0.6 is 0 Å². The summed E-state index contributed by atoms with van der Waals surface area (Å²) in [5.74, 6) is 1.78. The van der Waals surface area contributed by atoms with Gasteiger partial charge in [0.1, 0.15) is 0 Å². The van der Waals surface area contributed by atoms with Crippen LogP contribution in [0.3, 0.4) is 0 Å². The summed E-state index contributed by atoms with van der Waals surface area (Å²) >= 11 is 0. The van der Waals surface area contributed by atoms with E-state index in [0.29, 0.717) is 0 Å². The molecule has 0 unspecified atom stereocenters. The van der Waals surface area contributed by atoms with E-state index in [0.717, 1.165) is 12.1 Å². The van der Waals surface area contributed by atoms with Crippen LogP contribution in [-0.4, -0.2) is 38.2 Å². The molecule has 0 aromatic heterocycles. The van der Waals surface area contributed by atoms with Crippen molar-refractivity contribution in [2.24, 2.45) is 4.99 Å². The maximum atomic E-state index is 4.24. The van der Waals surface area contributed by atoms with Crippen molar-refractivity contribution in [1.82, 2.24) is 4.90 Å². The minimum atomic E-state index is 0.845. The van der Waals surface area contributed by atoms with E-state index >= 15 is 0 Å². The molecule has 0 bridgehead atoms. The fourth-order valence-electron chi connectivity index (χ4n) is 0.690. The third kappa shape index (κ3) is 7.25. The number of aliphatic imine (C=N–C) groups is 1. The van der Waals surface area contributed by atoms with Crippen LogP contribution in [0.5, 0.6) is 0 Å². The Balaban J connectivity index is 4.14. The standard InChI is InChI=1S/C10H17BN2/c1-4-5-6-10(9-11)12-7-8-13(2)3/h4-5,7-9,11H,6H2,1-3H3/b5-4-,8-7-,12-10+. The molecule has 0 atom stereocenters. The van der Waals surface area contributed by atoms with Crippen molar-refractivity contribution in [3.05, 3.63) is 24.6 Å². The molecule has 0 N–H and O–H groups in total. The quantitative estimate of drug-likeness (QED) is 0.348. The zero-order chi connectivity index (χ0) is 10.1. The van der Waals surface area contributed by atoms with Gasteiger partial charge in [0.2, 0.25) is 0 Å². The predicted octanol–water partition coefficient (Wildman–Crippen LogP) is 1.13. The summed E-state index contributed by atoms with van der Waals surface area (Å²) in [5, 5.41) is 0. The first-order valence-corrected chi connectivity index (χ1v) is 4.34. The average molecular weight is 176 g/mol. The van der Waals surface area contributed by atoms with Gasteiger partial charge in [0.15, 0.2) is 0 Å². The molecule has 2 nitrogen and oxygen atoms in total. The molecule has 0 aliphatic carbocycles. The molecule has 0 amide bonds. The van der Waals surface area contributed by atoms with E-state index in [1.54, 1.807) is 12.2 Å². The SMILES string of the molecule is B=C/C(C/C=C\C)=N/C=C\N(C)C. The van der Waals surface area contributed by atoms with E-state index in [1.807, 2.05) is 38.2 Å². The molecule has 0 saturated heterocycles. The fourth-order valence-corrected chi connectivity index (χ4v) is 0.690. The van der Waals surface area contributed by atoms with Crippen molar-refractivity contribution in [2.75, 3.05) is 14.1 Å². The van der Waals surface area contributed by atoms with Gasteiger partial charge in [-0.3, -0.25) is 0 Å². The molecular formula is C10H17BN2. The van der Waals surface area contributed by atoms with E-state index in [4.69, 9.17) is 0 Å². The van der Waals surface area contributed by atoms with Crippen LogP contribution in [0.25, 0.3) is 0 Å². The molecule has 0 heterocycles. The predicted molar refractivity (Wildman–Crippen MR) is 62.9 cm³/mol. The van der Waals surface area contributed by atoms with Gasteiger partial charge in [-0.1, -0.05) is 0 Å². The average Bonchev–Trinajstić information content (AvgIpc) is 2.10. The number of allylic oxidation sites excluding steroid dienone is 2. The zero-order valence-corrected chi connectivity index (χ0v) is 8.70. The molecule has 0 spiro atoms. The summed E-state index contributed by atoms with van der Waals surface area (Å²) in [5.41, 5.74) is 0.983. The summed E-state index contributed by atoms with van der Waals surface area (Å²) in [6.07, 6.45) is 8.59. The van der Waals surface area contributed by atoms with Crippen molar-refractivity contribution in [3.63, 3.8) is 0 Å². The Morgan fingerprint density at radius 3 is 2.62 bits per heavy atom. The monoisotopic (exact) mass is 176 g/mol. The van der Waals surface area contributed by atoms with Crippen molar-refractivity contribution in [1.29, 1.82) is 0 Å². The Hall–Kier alpha value is -1.12. The Morgan fingerprint density at radius 2 is 2.15 bits per heavy atom. The second-order valence-corrected chi connectivity index (χ2v) is 2.86. The van der Waals surface area contributed by atoms with E-state index in [2.05, 4.69) is 18.6 Å². The molecule has 13 heavy (non-hydrogen) atoms. The first-order valence-electron chi connectivity index (χ1n) is 4.34. The molecule has 0 fully saturated rings. The molecule has 0 radical (unpaired) electrons. The van der Waals surface area contributed by atoms with E-state index in [-0.39, 0.29) is 0 Å². The maximum absolute atomic E-state index is 4.24. The molecule has 0 rings (SSSR count). The third-order valence-corrected chi connectivity index (χ3v) is 1.40. The van der Waals surface area contributed by atoms with Crippen molar-refractivity contribution < 1.29 is 0 Å². The van der Waals surface area contributed by atoms with Crippen LogP contribution in [0, 0.1) is 0 Å². The van der Waals surface area contributed by atoms with Gasteiger partial charge in [-0.25, -0.2) is 0 Å². The summed E-state index contributed by atoms with van der Waals surface area (Å²) in [6.45, 7) is 2.00. The van der Waals surface area contributed by atoms with Crippen molar-refractivity contribution in [3.8, 4) is 0 Å². The van der Waals surface area contributed by atoms with Crippen LogP contribution in [0.4, 0.5) is 0 Å². The zero-order valence-electron chi connectivity index (χ0n) is 8.70. The van der Waals surface area contributed by atoms with Crippen molar-refractivity contribution in [2.45, 2.75) is 13.3 Å². The topological polar surface area (TPSA) is 15.6 Å². The fraction of sp³-hybridized carbons (Fsp3) is 0.400. The van der Waals surface area contributed by atoms with Gasteiger partial charge in [0.25, 0.3) is 0 Å². The van der Waals surface area contributed by atoms with Gasteiger partial charge in [-0.05, 0) is 0 Å². The Kier molecular flexibility index (Phi) is 6.88. The molecule has 0 saturated carbocycles. The number of rotatable bonds is 5. The second kappa shape index (κ2) is 7.53. The van der Waals surface area contributed by atoms with Gasteiger partial charge in [-0.15, -0.1) is 0 Å². The van der Waals surface area contributed by atoms with E-state index in [9.17, 15) is 0 Å². The first-order chi connectivity index (χ1) is 6.20. The Labute approximate surface area is 81.7 Å². The van der Waals surface area contributed by atoms with Gasteiger partial charge < -0.3 is 0 Å². The van der Waals surface area contributed by atoms with Crippen LogP contribution in [0.1, 0.15) is 13.3 Å². The van der Waals surface area contributed by atoms with Gasteiger partial charge >= 0.3 is 81.0 Å². The number of hydrogen-bond donors (Lipinski definition) is 0. The Bertz CT molecular complexity index is 227. The van der Waals surface area contributed by atoms with Crippen LogP contribution < -0.4 is 0 Å². The second-order valence-electron chi connectivity index (χ2n) is 2.86. The summed E-state index contributed by atoms with van der Waals surface area (Å²) < 4.78 is 0. The molecule has 70 valence electrons.